The summed E-state index contributed by atoms with van der Waals surface area (Å²) in [6.07, 6.45) is 0. The molecule has 0 bridgehead atoms. The summed E-state index contributed by atoms with van der Waals surface area (Å²) in [5.74, 6) is -1.14. The molecular weight excluding hydrogens is 286 g/mol. The fourth-order valence-corrected chi connectivity index (χ4v) is 2.81. The van der Waals surface area contributed by atoms with Crippen LogP contribution in [0.5, 0.6) is 5.88 Å². The summed E-state index contributed by atoms with van der Waals surface area (Å²) in [6.45, 7) is 5.02. The first-order chi connectivity index (χ1) is 9.19. The number of H-pyrrole nitrogens is 1. The van der Waals surface area contributed by atoms with E-state index in [1.54, 1.807) is 20.8 Å². The van der Waals surface area contributed by atoms with Crippen molar-refractivity contribution in [2.45, 2.75) is 33.2 Å². The highest BCUT2D eigenvalue weighted by Gasteiger charge is 2.18. The van der Waals surface area contributed by atoms with E-state index in [1.165, 1.54) is 0 Å². The van der Waals surface area contributed by atoms with E-state index < -0.39 is 27.2 Å². The van der Waals surface area contributed by atoms with Gasteiger partial charge in [-0.25, -0.2) is 17.9 Å². The van der Waals surface area contributed by atoms with Crippen LogP contribution in [-0.4, -0.2) is 35.4 Å². The number of hydrogen-bond acceptors (Lipinski definition) is 5. The number of aromatic nitrogens is 2. The Labute approximate surface area is 116 Å². The summed E-state index contributed by atoms with van der Waals surface area (Å²) < 4.78 is 26.2. The molecule has 0 amide bonds. The average Bonchev–Trinajstić information content (AvgIpc) is 2.26. The molecule has 0 atom stereocenters. The van der Waals surface area contributed by atoms with E-state index in [1.807, 2.05) is 0 Å². The van der Waals surface area contributed by atoms with E-state index in [-0.39, 0.29) is 30.3 Å². The van der Waals surface area contributed by atoms with Crippen molar-refractivity contribution in [3.8, 4) is 5.88 Å². The molecule has 0 spiro atoms. The lowest BCUT2D eigenvalue weighted by Gasteiger charge is -2.13. The molecule has 114 valence electrons. The number of nitrogens with zero attached hydrogens (tertiary/aromatic N) is 1. The van der Waals surface area contributed by atoms with Gasteiger partial charge in [-0.15, -0.1) is 0 Å². The van der Waals surface area contributed by atoms with E-state index >= 15 is 0 Å². The van der Waals surface area contributed by atoms with Crippen LogP contribution in [-0.2, 0) is 16.6 Å². The van der Waals surface area contributed by atoms with Crippen molar-refractivity contribution in [2.24, 2.45) is 0 Å². The zero-order valence-electron chi connectivity index (χ0n) is 11.6. The van der Waals surface area contributed by atoms with Gasteiger partial charge in [-0.3, -0.25) is 14.3 Å². The minimum Gasteiger partial charge on any atom is -0.494 e. The highest BCUT2D eigenvalue weighted by atomic mass is 32.2. The first-order valence-electron chi connectivity index (χ1n) is 6.23. The lowest BCUT2D eigenvalue weighted by atomic mass is 10.1. The number of aromatic amines is 1. The van der Waals surface area contributed by atoms with Gasteiger partial charge in [0.1, 0.15) is 0 Å². The molecule has 0 radical (unpaired) electrons. The van der Waals surface area contributed by atoms with Gasteiger partial charge >= 0.3 is 5.69 Å². The Morgan fingerprint density at radius 2 is 1.95 bits per heavy atom. The van der Waals surface area contributed by atoms with Gasteiger partial charge in [-0.1, -0.05) is 20.8 Å². The molecule has 0 aliphatic heterocycles. The molecule has 1 heterocycles. The summed E-state index contributed by atoms with van der Waals surface area (Å²) in [7, 11) is -3.52. The summed E-state index contributed by atoms with van der Waals surface area (Å²) in [4.78, 5) is 25.3. The maximum absolute atomic E-state index is 11.6. The first kappa shape index (κ1) is 16.4. The average molecular weight is 305 g/mol. The molecule has 1 rings (SSSR count). The maximum atomic E-state index is 11.6. The van der Waals surface area contributed by atoms with Gasteiger partial charge in [0.25, 0.3) is 5.56 Å². The number of sulfonamides is 1. The Kier molecular flexibility index (Phi) is 5.12. The largest absolute Gasteiger partial charge is 0.494 e. The molecule has 20 heavy (non-hydrogen) atoms. The van der Waals surface area contributed by atoms with Crippen molar-refractivity contribution in [1.82, 2.24) is 14.3 Å². The molecular formula is C11H19N3O5S. The smallest absolute Gasteiger partial charge is 0.331 e. The molecule has 8 nitrogen and oxygen atoms in total. The molecule has 0 unspecified atom stereocenters. The lowest BCUT2D eigenvalue weighted by molar-refractivity contribution is 0.394. The zero-order valence-corrected chi connectivity index (χ0v) is 12.5. The molecule has 9 heteroatoms. The summed E-state index contributed by atoms with van der Waals surface area (Å²) in [6, 6.07) is 0. The zero-order chi connectivity index (χ0) is 15.5. The van der Waals surface area contributed by atoms with Crippen molar-refractivity contribution in [1.29, 1.82) is 0 Å². The van der Waals surface area contributed by atoms with Gasteiger partial charge in [0.2, 0.25) is 15.9 Å². The summed E-state index contributed by atoms with van der Waals surface area (Å²) in [5, 5.41) is 9.98. The van der Waals surface area contributed by atoms with Crippen molar-refractivity contribution in [3.63, 3.8) is 0 Å². The molecule has 1 aromatic rings. The third kappa shape index (κ3) is 3.70. The van der Waals surface area contributed by atoms with Crippen molar-refractivity contribution in [2.75, 3.05) is 12.3 Å². The van der Waals surface area contributed by atoms with Crippen LogP contribution in [0.15, 0.2) is 9.59 Å². The van der Waals surface area contributed by atoms with E-state index in [0.717, 1.165) is 4.57 Å². The molecule has 0 saturated carbocycles. The van der Waals surface area contributed by atoms with Crippen LogP contribution >= 0.6 is 0 Å². The highest BCUT2D eigenvalue weighted by molar-refractivity contribution is 7.89. The topological polar surface area (TPSA) is 121 Å². The van der Waals surface area contributed by atoms with Crippen LogP contribution < -0.4 is 16.0 Å². The quantitative estimate of drug-likeness (QED) is 0.642. The van der Waals surface area contributed by atoms with Crippen molar-refractivity contribution < 1.29 is 13.5 Å². The second-order valence-electron chi connectivity index (χ2n) is 4.62. The SMILES string of the molecule is CCNS(=O)(=O)CCn1c(O)c(C(C)C)c(=O)[nH]c1=O. The number of aromatic hydroxyl groups is 1. The van der Waals surface area contributed by atoms with E-state index in [0.29, 0.717) is 0 Å². The normalized spacial score (nSPS) is 12.0. The van der Waals surface area contributed by atoms with Gasteiger partial charge in [-0.05, 0) is 5.92 Å². The number of rotatable bonds is 6. The van der Waals surface area contributed by atoms with Crippen LogP contribution in [0.3, 0.4) is 0 Å². The Balaban J connectivity index is 3.18. The maximum Gasteiger partial charge on any atom is 0.331 e. The van der Waals surface area contributed by atoms with Crippen LogP contribution in [0.4, 0.5) is 0 Å². The lowest BCUT2D eigenvalue weighted by Crippen LogP contribution is -2.36. The van der Waals surface area contributed by atoms with E-state index in [2.05, 4.69) is 9.71 Å². The predicted octanol–water partition coefficient (Wildman–Crippen LogP) is -0.695. The second kappa shape index (κ2) is 6.23. The van der Waals surface area contributed by atoms with Gasteiger partial charge < -0.3 is 5.11 Å². The fraction of sp³-hybridized carbons (Fsp3) is 0.636. The number of hydrogen-bond donors (Lipinski definition) is 3. The van der Waals surface area contributed by atoms with Gasteiger partial charge in [0.05, 0.1) is 11.3 Å². The van der Waals surface area contributed by atoms with Crippen molar-refractivity contribution >= 4 is 10.0 Å². The molecule has 0 aliphatic carbocycles. The Morgan fingerprint density at radius 1 is 1.35 bits per heavy atom. The Morgan fingerprint density at radius 3 is 2.45 bits per heavy atom. The standard InChI is InChI=1S/C11H19N3O5S/c1-4-12-20(18,19)6-5-14-10(16)8(7(2)3)9(15)13-11(14)17/h7,12,16H,4-6H2,1-3H3,(H,13,15,17). The van der Waals surface area contributed by atoms with Gasteiger partial charge in [0.15, 0.2) is 0 Å². The minimum atomic E-state index is -3.52. The molecule has 3 N–H and O–H groups in total. The second-order valence-corrected chi connectivity index (χ2v) is 6.55. The van der Waals surface area contributed by atoms with E-state index in [9.17, 15) is 23.1 Å². The molecule has 0 saturated heterocycles. The van der Waals surface area contributed by atoms with Crippen LogP contribution in [0.25, 0.3) is 0 Å². The first-order valence-corrected chi connectivity index (χ1v) is 7.88. The minimum absolute atomic E-state index is 0.0606. The Hall–Kier alpha value is -1.61. The molecule has 0 fully saturated rings. The van der Waals surface area contributed by atoms with Gasteiger partial charge in [-0.2, -0.15) is 0 Å². The molecule has 0 aromatic carbocycles. The van der Waals surface area contributed by atoms with Crippen LogP contribution in [0.1, 0.15) is 32.3 Å². The Bertz CT molecular complexity index is 687. The van der Waals surface area contributed by atoms with Crippen LogP contribution in [0.2, 0.25) is 0 Å². The summed E-state index contributed by atoms with van der Waals surface area (Å²) >= 11 is 0. The predicted molar refractivity (Wildman–Crippen MR) is 74.5 cm³/mol. The monoisotopic (exact) mass is 305 g/mol. The highest BCUT2D eigenvalue weighted by Crippen LogP contribution is 2.19. The fourth-order valence-electron chi connectivity index (χ4n) is 1.81. The number of nitrogens with one attached hydrogen (secondary N) is 2. The molecule has 1 aromatic heterocycles. The van der Waals surface area contributed by atoms with E-state index in [4.69, 9.17) is 0 Å². The van der Waals surface area contributed by atoms with Crippen LogP contribution in [0, 0.1) is 0 Å². The van der Waals surface area contributed by atoms with Crippen molar-refractivity contribution in [3.05, 3.63) is 26.4 Å². The molecule has 0 aliphatic rings. The summed E-state index contributed by atoms with van der Waals surface area (Å²) in [5.41, 5.74) is -1.43. The third-order valence-corrected chi connectivity index (χ3v) is 4.18. The third-order valence-electron chi connectivity index (χ3n) is 2.73. The van der Waals surface area contributed by atoms with Gasteiger partial charge in [0, 0.05) is 13.1 Å².